The van der Waals surface area contributed by atoms with E-state index in [0.29, 0.717) is 12.2 Å². The van der Waals surface area contributed by atoms with E-state index in [1.165, 1.54) is 18.2 Å². The quantitative estimate of drug-likeness (QED) is 0.737. The van der Waals surface area contributed by atoms with Crippen LogP contribution in [0.3, 0.4) is 0 Å². The molecule has 1 aromatic carbocycles. The molecule has 20 heavy (non-hydrogen) atoms. The Labute approximate surface area is 118 Å². The lowest BCUT2D eigenvalue weighted by molar-refractivity contribution is -0.111. The number of aromatic hydroxyl groups is 2. The van der Waals surface area contributed by atoms with Crippen LogP contribution in [0.4, 0.5) is 0 Å². The lowest BCUT2D eigenvalue weighted by Crippen LogP contribution is -2.62. The van der Waals surface area contributed by atoms with Crippen molar-refractivity contribution in [2.45, 2.75) is 39.3 Å². The number of ether oxygens (including phenoxy) is 1. The standard InChI is InChI=1S/C15H21NO4/c1-4-20-13-8-12(15(13,2)3)16-14(19)9-5-6-10(17)11(18)7-9/h5-7,12-13,17-18H,4,8H2,1-3H3,(H,16,19). The predicted octanol–water partition coefficient (Wildman–Crippen LogP) is 2.03. The number of amides is 1. The first-order valence-electron chi connectivity index (χ1n) is 6.80. The minimum absolute atomic E-state index is 0.0440. The van der Waals surface area contributed by atoms with E-state index in [0.717, 1.165) is 6.42 Å². The van der Waals surface area contributed by atoms with Crippen molar-refractivity contribution in [1.82, 2.24) is 5.32 Å². The molecular formula is C15H21NO4. The Kier molecular flexibility index (Phi) is 3.90. The van der Waals surface area contributed by atoms with Crippen LogP contribution in [0.5, 0.6) is 11.5 Å². The second-order valence-corrected chi connectivity index (χ2v) is 5.73. The summed E-state index contributed by atoms with van der Waals surface area (Å²) in [7, 11) is 0. The Morgan fingerprint density at radius 2 is 2.10 bits per heavy atom. The SMILES string of the molecule is CCOC1CC(NC(=O)c2ccc(O)c(O)c2)C1(C)C. The van der Waals surface area contributed by atoms with Gasteiger partial charge in [0.25, 0.3) is 5.91 Å². The summed E-state index contributed by atoms with van der Waals surface area (Å²) in [6, 6.07) is 4.09. The summed E-state index contributed by atoms with van der Waals surface area (Å²) < 4.78 is 5.62. The zero-order valence-corrected chi connectivity index (χ0v) is 12.0. The maximum absolute atomic E-state index is 12.1. The van der Waals surface area contributed by atoms with Crippen LogP contribution < -0.4 is 5.32 Å². The lowest BCUT2D eigenvalue weighted by atomic mass is 9.64. The lowest BCUT2D eigenvalue weighted by Gasteiger charge is -2.51. The molecule has 1 aliphatic rings. The van der Waals surface area contributed by atoms with E-state index >= 15 is 0 Å². The summed E-state index contributed by atoms with van der Waals surface area (Å²) in [6.07, 6.45) is 0.947. The van der Waals surface area contributed by atoms with Gasteiger partial charge in [-0.15, -0.1) is 0 Å². The van der Waals surface area contributed by atoms with E-state index < -0.39 is 0 Å². The van der Waals surface area contributed by atoms with Crippen molar-refractivity contribution >= 4 is 5.91 Å². The van der Waals surface area contributed by atoms with Crippen molar-refractivity contribution in [2.24, 2.45) is 5.41 Å². The zero-order chi connectivity index (χ0) is 14.9. The maximum atomic E-state index is 12.1. The monoisotopic (exact) mass is 279 g/mol. The molecule has 5 nitrogen and oxygen atoms in total. The van der Waals surface area contributed by atoms with Gasteiger partial charge in [0.1, 0.15) is 0 Å². The van der Waals surface area contributed by atoms with Crippen LogP contribution in [0.1, 0.15) is 37.6 Å². The van der Waals surface area contributed by atoms with Crippen LogP contribution in [0.2, 0.25) is 0 Å². The highest BCUT2D eigenvalue weighted by Gasteiger charge is 2.49. The first kappa shape index (κ1) is 14.7. The Hall–Kier alpha value is -1.75. The number of phenols is 2. The van der Waals surface area contributed by atoms with E-state index in [9.17, 15) is 15.0 Å². The average Bonchev–Trinajstić information content (AvgIpc) is 2.40. The molecule has 0 spiro atoms. The third-order valence-corrected chi connectivity index (χ3v) is 4.09. The Balaban J connectivity index is 2.01. The number of nitrogens with one attached hydrogen (secondary N) is 1. The summed E-state index contributed by atoms with van der Waals surface area (Å²) >= 11 is 0. The van der Waals surface area contributed by atoms with Gasteiger partial charge >= 0.3 is 0 Å². The van der Waals surface area contributed by atoms with Gasteiger partial charge in [-0.3, -0.25) is 4.79 Å². The molecule has 2 atom stereocenters. The highest BCUT2D eigenvalue weighted by Crippen LogP contribution is 2.42. The molecule has 0 radical (unpaired) electrons. The predicted molar refractivity (Wildman–Crippen MR) is 74.8 cm³/mol. The zero-order valence-electron chi connectivity index (χ0n) is 12.0. The van der Waals surface area contributed by atoms with Crippen LogP contribution in [0.15, 0.2) is 18.2 Å². The van der Waals surface area contributed by atoms with E-state index in [1.54, 1.807) is 0 Å². The Bertz CT molecular complexity index is 513. The second-order valence-electron chi connectivity index (χ2n) is 5.73. The fourth-order valence-corrected chi connectivity index (χ4v) is 2.52. The van der Waals surface area contributed by atoms with Gasteiger partial charge in [-0.2, -0.15) is 0 Å². The molecule has 2 rings (SSSR count). The molecule has 1 saturated carbocycles. The van der Waals surface area contributed by atoms with Crippen LogP contribution in [-0.2, 0) is 4.74 Å². The average molecular weight is 279 g/mol. The third-order valence-electron chi connectivity index (χ3n) is 4.09. The van der Waals surface area contributed by atoms with E-state index in [4.69, 9.17) is 4.74 Å². The third kappa shape index (κ3) is 2.58. The summed E-state index contributed by atoms with van der Waals surface area (Å²) in [4.78, 5) is 12.1. The molecular weight excluding hydrogens is 258 g/mol. The van der Waals surface area contributed by atoms with Crippen molar-refractivity contribution in [3.8, 4) is 11.5 Å². The number of carbonyl (C=O) groups is 1. The molecule has 0 aromatic heterocycles. The number of phenolic OH excluding ortho intramolecular Hbond substituents is 2. The van der Waals surface area contributed by atoms with Crippen LogP contribution >= 0.6 is 0 Å². The minimum Gasteiger partial charge on any atom is -0.504 e. The van der Waals surface area contributed by atoms with Gasteiger partial charge in [-0.05, 0) is 31.5 Å². The van der Waals surface area contributed by atoms with Gasteiger partial charge in [0, 0.05) is 23.6 Å². The fourth-order valence-electron chi connectivity index (χ4n) is 2.52. The fraction of sp³-hybridized carbons (Fsp3) is 0.533. The van der Waals surface area contributed by atoms with Gasteiger partial charge in [0.2, 0.25) is 0 Å². The summed E-state index contributed by atoms with van der Waals surface area (Å²) in [5.41, 5.74) is 0.223. The normalized spacial score (nSPS) is 23.9. The molecule has 3 N–H and O–H groups in total. The van der Waals surface area contributed by atoms with Gasteiger partial charge in [-0.25, -0.2) is 0 Å². The maximum Gasteiger partial charge on any atom is 0.251 e. The van der Waals surface area contributed by atoms with Crippen LogP contribution in [0, 0.1) is 5.41 Å². The first-order chi connectivity index (χ1) is 9.36. The number of rotatable bonds is 4. The largest absolute Gasteiger partial charge is 0.504 e. The van der Waals surface area contributed by atoms with Crippen LogP contribution in [0.25, 0.3) is 0 Å². The number of benzene rings is 1. The molecule has 1 aliphatic carbocycles. The highest BCUT2D eigenvalue weighted by atomic mass is 16.5. The summed E-state index contributed by atoms with van der Waals surface area (Å²) in [5.74, 6) is -0.784. The van der Waals surface area contributed by atoms with E-state index in [2.05, 4.69) is 19.2 Å². The molecule has 0 bridgehead atoms. The molecule has 0 aliphatic heterocycles. The minimum atomic E-state index is -0.294. The van der Waals surface area contributed by atoms with Gasteiger partial charge in [-0.1, -0.05) is 13.8 Å². The molecule has 0 heterocycles. The van der Waals surface area contributed by atoms with Crippen molar-refractivity contribution < 1.29 is 19.7 Å². The van der Waals surface area contributed by atoms with Crippen molar-refractivity contribution in [2.75, 3.05) is 6.61 Å². The Morgan fingerprint density at radius 3 is 2.65 bits per heavy atom. The van der Waals surface area contributed by atoms with Crippen molar-refractivity contribution in [1.29, 1.82) is 0 Å². The van der Waals surface area contributed by atoms with E-state index in [-0.39, 0.29) is 35.0 Å². The van der Waals surface area contributed by atoms with Crippen molar-refractivity contribution in [3.63, 3.8) is 0 Å². The number of hydrogen-bond donors (Lipinski definition) is 3. The smallest absolute Gasteiger partial charge is 0.251 e. The van der Waals surface area contributed by atoms with Crippen LogP contribution in [-0.4, -0.2) is 34.9 Å². The Morgan fingerprint density at radius 1 is 1.40 bits per heavy atom. The molecule has 110 valence electrons. The summed E-state index contributed by atoms with van der Waals surface area (Å²) in [6.45, 7) is 6.76. The molecule has 1 fully saturated rings. The first-order valence-corrected chi connectivity index (χ1v) is 6.80. The van der Waals surface area contributed by atoms with Gasteiger partial charge < -0.3 is 20.3 Å². The van der Waals surface area contributed by atoms with Gasteiger partial charge in [0.15, 0.2) is 11.5 Å². The molecule has 2 unspecified atom stereocenters. The van der Waals surface area contributed by atoms with Crippen molar-refractivity contribution in [3.05, 3.63) is 23.8 Å². The number of hydrogen-bond acceptors (Lipinski definition) is 4. The summed E-state index contributed by atoms with van der Waals surface area (Å²) in [5, 5.41) is 21.6. The second kappa shape index (κ2) is 5.32. The molecule has 1 amide bonds. The number of carbonyl (C=O) groups excluding carboxylic acids is 1. The molecule has 5 heteroatoms. The van der Waals surface area contributed by atoms with E-state index in [1.807, 2.05) is 6.92 Å². The topological polar surface area (TPSA) is 78.8 Å². The van der Waals surface area contributed by atoms with Gasteiger partial charge in [0.05, 0.1) is 6.10 Å². The molecule has 0 saturated heterocycles. The highest BCUT2D eigenvalue weighted by molar-refractivity contribution is 5.95. The molecule has 1 aromatic rings.